The minimum Gasteiger partial charge on any atom is -0.327 e. The SMILES string of the molecule is CC1(C)CCCCC1C(N)Cc1cccc2ccccc12. The summed E-state index contributed by atoms with van der Waals surface area (Å²) in [7, 11) is 0. The van der Waals surface area contributed by atoms with Crippen molar-refractivity contribution in [2.45, 2.75) is 52.0 Å². The molecule has 0 heterocycles. The molecule has 1 heteroatoms. The van der Waals surface area contributed by atoms with Gasteiger partial charge >= 0.3 is 0 Å². The number of fused-ring (bicyclic) bond motifs is 1. The van der Waals surface area contributed by atoms with E-state index < -0.39 is 0 Å². The lowest BCUT2D eigenvalue weighted by Crippen LogP contribution is -2.43. The van der Waals surface area contributed by atoms with Gasteiger partial charge in [-0.25, -0.2) is 0 Å². The van der Waals surface area contributed by atoms with Crippen LogP contribution in [0.25, 0.3) is 10.8 Å². The average molecular weight is 281 g/mol. The highest BCUT2D eigenvalue weighted by atomic mass is 14.7. The topological polar surface area (TPSA) is 26.0 Å². The molecule has 0 radical (unpaired) electrons. The molecule has 0 spiro atoms. The van der Waals surface area contributed by atoms with Crippen LogP contribution in [0.15, 0.2) is 42.5 Å². The Morgan fingerprint density at radius 1 is 1.10 bits per heavy atom. The van der Waals surface area contributed by atoms with E-state index in [1.807, 2.05) is 0 Å². The van der Waals surface area contributed by atoms with Crippen LogP contribution in [0.3, 0.4) is 0 Å². The second-order valence-electron chi connectivity index (χ2n) is 7.35. The van der Waals surface area contributed by atoms with E-state index in [1.165, 1.54) is 42.0 Å². The van der Waals surface area contributed by atoms with Crippen molar-refractivity contribution in [3.05, 3.63) is 48.0 Å². The van der Waals surface area contributed by atoms with Gasteiger partial charge in [0.05, 0.1) is 0 Å². The lowest BCUT2D eigenvalue weighted by molar-refractivity contribution is 0.112. The monoisotopic (exact) mass is 281 g/mol. The molecule has 3 rings (SSSR count). The Labute approximate surface area is 128 Å². The van der Waals surface area contributed by atoms with E-state index in [4.69, 9.17) is 5.73 Å². The van der Waals surface area contributed by atoms with Crippen molar-refractivity contribution in [1.82, 2.24) is 0 Å². The molecule has 1 nitrogen and oxygen atoms in total. The molecular weight excluding hydrogens is 254 g/mol. The van der Waals surface area contributed by atoms with Gasteiger partial charge in [-0.2, -0.15) is 0 Å². The first kappa shape index (κ1) is 14.6. The minimum atomic E-state index is 0.270. The Hall–Kier alpha value is -1.34. The summed E-state index contributed by atoms with van der Waals surface area (Å²) in [6, 6.07) is 15.5. The quantitative estimate of drug-likeness (QED) is 0.848. The second kappa shape index (κ2) is 5.81. The third-order valence-corrected chi connectivity index (χ3v) is 5.44. The summed E-state index contributed by atoms with van der Waals surface area (Å²) in [5.41, 5.74) is 8.44. The van der Waals surface area contributed by atoms with E-state index in [0.29, 0.717) is 11.3 Å². The Morgan fingerprint density at radius 2 is 1.86 bits per heavy atom. The standard InChI is InChI=1S/C20H27N/c1-20(2)13-6-5-12-18(20)19(21)14-16-10-7-9-15-8-3-4-11-17(15)16/h3-4,7-11,18-19H,5-6,12-14,21H2,1-2H3. The van der Waals surface area contributed by atoms with Crippen LogP contribution >= 0.6 is 0 Å². The van der Waals surface area contributed by atoms with Crippen LogP contribution in [0.2, 0.25) is 0 Å². The molecule has 1 aliphatic rings. The number of hydrogen-bond acceptors (Lipinski definition) is 1. The average Bonchev–Trinajstić information content (AvgIpc) is 2.47. The summed E-state index contributed by atoms with van der Waals surface area (Å²) < 4.78 is 0. The molecule has 2 aromatic rings. The van der Waals surface area contributed by atoms with E-state index >= 15 is 0 Å². The third-order valence-electron chi connectivity index (χ3n) is 5.44. The number of rotatable bonds is 3. The van der Waals surface area contributed by atoms with Gasteiger partial charge in [0.2, 0.25) is 0 Å². The van der Waals surface area contributed by atoms with Crippen LogP contribution in [-0.4, -0.2) is 6.04 Å². The molecule has 2 N–H and O–H groups in total. The van der Waals surface area contributed by atoms with Crippen LogP contribution in [0.4, 0.5) is 0 Å². The largest absolute Gasteiger partial charge is 0.327 e. The van der Waals surface area contributed by atoms with Gasteiger partial charge in [-0.3, -0.25) is 0 Å². The summed E-state index contributed by atoms with van der Waals surface area (Å²) in [6.07, 6.45) is 6.32. The molecule has 112 valence electrons. The number of benzene rings is 2. The predicted octanol–water partition coefficient (Wildman–Crippen LogP) is 4.93. The maximum atomic E-state index is 6.65. The van der Waals surface area contributed by atoms with E-state index in [2.05, 4.69) is 56.3 Å². The smallest absolute Gasteiger partial charge is 0.0113 e. The summed E-state index contributed by atoms with van der Waals surface area (Å²) >= 11 is 0. The molecule has 0 amide bonds. The van der Waals surface area contributed by atoms with Crippen molar-refractivity contribution >= 4 is 10.8 Å². The number of hydrogen-bond donors (Lipinski definition) is 1. The van der Waals surface area contributed by atoms with Crippen molar-refractivity contribution in [2.24, 2.45) is 17.1 Å². The van der Waals surface area contributed by atoms with Gasteiger partial charge in [0.15, 0.2) is 0 Å². The summed E-state index contributed by atoms with van der Waals surface area (Å²) in [4.78, 5) is 0. The molecule has 0 bridgehead atoms. The van der Waals surface area contributed by atoms with Crippen molar-refractivity contribution in [3.8, 4) is 0 Å². The number of nitrogens with two attached hydrogens (primary N) is 1. The molecule has 0 aliphatic heterocycles. The highest BCUT2D eigenvalue weighted by molar-refractivity contribution is 5.85. The zero-order valence-electron chi connectivity index (χ0n) is 13.3. The van der Waals surface area contributed by atoms with Gasteiger partial charge in [-0.1, -0.05) is 69.2 Å². The van der Waals surface area contributed by atoms with Gasteiger partial charge in [0, 0.05) is 6.04 Å². The lowest BCUT2D eigenvalue weighted by atomic mass is 9.65. The highest BCUT2D eigenvalue weighted by Gasteiger charge is 2.35. The van der Waals surface area contributed by atoms with Crippen molar-refractivity contribution in [3.63, 3.8) is 0 Å². The molecule has 1 saturated carbocycles. The van der Waals surface area contributed by atoms with Crippen LogP contribution < -0.4 is 5.73 Å². The molecule has 2 atom stereocenters. The lowest BCUT2D eigenvalue weighted by Gasteiger charge is -2.42. The second-order valence-corrected chi connectivity index (χ2v) is 7.35. The van der Waals surface area contributed by atoms with E-state index in [9.17, 15) is 0 Å². The third kappa shape index (κ3) is 2.98. The van der Waals surface area contributed by atoms with Crippen LogP contribution in [0.1, 0.15) is 45.1 Å². The van der Waals surface area contributed by atoms with Gasteiger partial charge in [0.25, 0.3) is 0 Å². The van der Waals surface area contributed by atoms with Crippen molar-refractivity contribution < 1.29 is 0 Å². The molecule has 21 heavy (non-hydrogen) atoms. The van der Waals surface area contributed by atoms with Gasteiger partial charge in [-0.05, 0) is 46.9 Å². The summed E-state index contributed by atoms with van der Waals surface area (Å²) in [5.74, 6) is 0.644. The zero-order chi connectivity index (χ0) is 14.9. The predicted molar refractivity (Wildman–Crippen MR) is 91.4 cm³/mol. The summed E-state index contributed by atoms with van der Waals surface area (Å²) in [6.45, 7) is 4.81. The van der Waals surface area contributed by atoms with Crippen molar-refractivity contribution in [1.29, 1.82) is 0 Å². The first-order valence-electron chi connectivity index (χ1n) is 8.30. The molecule has 1 fully saturated rings. The van der Waals surface area contributed by atoms with Crippen LogP contribution in [0.5, 0.6) is 0 Å². The molecular formula is C20H27N. The molecule has 0 saturated heterocycles. The Morgan fingerprint density at radius 3 is 2.67 bits per heavy atom. The first-order chi connectivity index (χ1) is 10.1. The van der Waals surface area contributed by atoms with Gasteiger partial charge in [0.1, 0.15) is 0 Å². The molecule has 0 aromatic heterocycles. The van der Waals surface area contributed by atoms with Crippen LogP contribution in [0, 0.1) is 11.3 Å². The fourth-order valence-electron chi connectivity index (χ4n) is 4.18. The van der Waals surface area contributed by atoms with Crippen LogP contribution in [-0.2, 0) is 6.42 Å². The maximum Gasteiger partial charge on any atom is 0.0113 e. The summed E-state index contributed by atoms with van der Waals surface area (Å²) in [5, 5.41) is 2.69. The molecule has 2 aromatic carbocycles. The Bertz CT molecular complexity index is 609. The highest BCUT2D eigenvalue weighted by Crippen LogP contribution is 2.42. The first-order valence-corrected chi connectivity index (χ1v) is 8.30. The van der Waals surface area contributed by atoms with Gasteiger partial charge in [-0.15, -0.1) is 0 Å². The fraction of sp³-hybridized carbons (Fsp3) is 0.500. The zero-order valence-corrected chi connectivity index (χ0v) is 13.3. The maximum absolute atomic E-state index is 6.65. The molecule has 1 aliphatic carbocycles. The van der Waals surface area contributed by atoms with E-state index in [-0.39, 0.29) is 6.04 Å². The van der Waals surface area contributed by atoms with E-state index in [0.717, 1.165) is 6.42 Å². The fourth-order valence-corrected chi connectivity index (χ4v) is 4.18. The van der Waals surface area contributed by atoms with Crippen molar-refractivity contribution in [2.75, 3.05) is 0 Å². The minimum absolute atomic E-state index is 0.270. The molecule has 2 unspecified atom stereocenters. The van der Waals surface area contributed by atoms with E-state index in [1.54, 1.807) is 0 Å². The normalized spacial score (nSPS) is 23.1. The Kier molecular flexibility index (Phi) is 4.03. The Balaban J connectivity index is 1.84. The van der Waals surface area contributed by atoms with Gasteiger partial charge < -0.3 is 5.73 Å².